The van der Waals surface area contributed by atoms with Crippen molar-refractivity contribution in [2.24, 2.45) is 0 Å². The van der Waals surface area contributed by atoms with Crippen LogP contribution in [0.1, 0.15) is 0 Å². The van der Waals surface area contributed by atoms with Gasteiger partial charge in [0.1, 0.15) is 0 Å². The third kappa shape index (κ3) is 2.33. The molecule has 0 aliphatic carbocycles. The van der Waals surface area contributed by atoms with Gasteiger partial charge >= 0.3 is 0 Å². The van der Waals surface area contributed by atoms with Gasteiger partial charge in [0, 0.05) is 21.5 Å². The van der Waals surface area contributed by atoms with Gasteiger partial charge in [-0.1, -0.05) is 72.3 Å². The number of halogens is 1. The highest BCUT2D eigenvalue weighted by atomic mass is 35.5. The first-order valence-corrected chi connectivity index (χ1v) is 9.04. The van der Waals surface area contributed by atoms with Gasteiger partial charge in [0.15, 0.2) is 0 Å². The zero-order valence-corrected chi connectivity index (χ0v) is 14.8. The average Bonchev–Trinajstić information content (AvgIpc) is 3.03. The topological polar surface area (TPSA) is 4.93 Å². The summed E-state index contributed by atoms with van der Waals surface area (Å²) in [5, 5.41) is 3.27. The molecule has 1 nitrogen and oxygen atoms in total. The lowest BCUT2D eigenvalue weighted by Gasteiger charge is -2.08. The van der Waals surface area contributed by atoms with Crippen LogP contribution < -0.4 is 0 Å². The van der Waals surface area contributed by atoms with E-state index in [2.05, 4.69) is 83.4 Å². The first-order chi connectivity index (χ1) is 12.8. The number of benzene rings is 4. The Morgan fingerprint density at radius 1 is 0.615 bits per heavy atom. The molecule has 2 heteroatoms. The fraction of sp³-hybridized carbons (Fsp3) is 0. The number of rotatable bonds is 2. The number of hydrogen-bond acceptors (Lipinski definition) is 0. The van der Waals surface area contributed by atoms with E-state index in [1.54, 1.807) is 0 Å². The molecule has 1 heterocycles. The summed E-state index contributed by atoms with van der Waals surface area (Å²) >= 11 is 6.26. The molecule has 0 spiro atoms. The highest BCUT2D eigenvalue weighted by Crippen LogP contribution is 2.38. The molecule has 0 bridgehead atoms. The quantitative estimate of drug-likeness (QED) is 0.319. The predicted octanol–water partition coefficient (Wildman–Crippen LogP) is 7.10. The first kappa shape index (κ1) is 15.2. The lowest BCUT2D eigenvalue weighted by molar-refractivity contribution is 1.18. The fourth-order valence-corrected chi connectivity index (χ4v) is 3.96. The van der Waals surface area contributed by atoms with Crippen molar-refractivity contribution in [3.8, 4) is 16.8 Å². The summed E-state index contributed by atoms with van der Waals surface area (Å²) in [6.45, 7) is 0. The standard InChI is InChI=1S/C24H16ClN/c25-18-9-6-8-17(16-18)20-13-7-15-23-24(20)21-12-4-5-14-22(21)26(23)19-10-2-1-3-11-19/h1-16H. The van der Waals surface area contributed by atoms with Crippen molar-refractivity contribution < 1.29 is 0 Å². The minimum atomic E-state index is 0.756. The van der Waals surface area contributed by atoms with Crippen LogP contribution in [0.3, 0.4) is 0 Å². The van der Waals surface area contributed by atoms with Gasteiger partial charge in [-0.2, -0.15) is 0 Å². The summed E-state index contributed by atoms with van der Waals surface area (Å²) in [6.07, 6.45) is 0. The number of aromatic nitrogens is 1. The molecule has 0 fully saturated rings. The van der Waals surface area contributed by atoms with E-state index in [0.29, 0.717) is 0 Å². The highest BCUT2D eigenvalue weighted by molar-refractivity contribution is 6.31. The fourth-order valence-electron chi connectivity index (χ4n) is 3.77. The van der Waals surface area contributed by atoms with E-state index in [9.17, 15) is 0 Å². The zero-order chi connectivity index (χ0) is 17.5. The molecule has 0 atom stereocenters. The van der Waals surface area contributed by atoms with Crippen molar-refractivity contribution in [3.05, 3.63) is 102 Å². The third-order valence-electron chi connectivity index (χ3n) is 4.85. The summed E-state index contributed by atoms with van der Waals surface area (Å²) in [7, 11) is 0. The maximum Gasteiger partial charge on any atom is 0.0547 e. The van der Waals surface area contributed by atoms with E-state index in [-0.39, 0.29) is 0 Å². The smallest absolute Gasteiger partial charge is 0.0547 e. The van der Waals surface area contributed by atoms with Crippen LogP contribution in [-0.2, 0) is 0 Å². The van der Waals surface area contributed by atoms with E-state index in [1.165, 1.54) is 33.1 Å². The number of para-hydroxylation sites is 2. The van der Waals surface area contributed by atoms with E-state index >= 15 is 0 Å². The Kier molecular flexibility index (Phi) is 3.55. The van der Waals surface area contributed by atoms with Crippen molar-refractivity contribution in [1.82, 2.24) is 4.57 Å². The van der Waals surface area contributed by atoms with Crippen LogP contribution in [0.25, 0.3) is 38.6 Å². The SMILES string of the molecule is Clc1cccc(-c2cccc3c2c2ccccc2n3-c2ccccc2)c1. The monoisotopic (exact) mass is 353 g/mol. The average molecular weight is 354 g/mol. The molecule has 0 saturated heterocycles. The van der Waals surface area contributed by atoms with Crippen LogP contribution in [0.2, 0.25) is 5.02 Å². The molecule has 0 N–H and O–H groups in total. The van der Waals surface area contributed by atoms with E-state index in [0.717, 1.165) is 10.6 Å². The molecule has 5 rings (SSSR count). The van der Waals surface area contributed by atoms with Crippen molar-refractivity contribution in [2.45, 2.75) is 0 Å². The zero-order valence-electron chi connectivity index (χ0n) is 14.1. The molecule has 0 unspecified atom stereocenters. The van der Waals surface area contributed by atoms with Gasteiger partial charge in [-0.3, -0.25) is 0 Å². The molecular weight excluding hydrogens is 338 g/mol. The van der Waals surface area contributed by atoms with Crippen LogP contribution in [0, 0.1) is 0 Å². The summed E-state index contributed by atoms with van der Waals surface area (Å²) in [5.41, 5.74) is 5.93. The Hall–Kier alpha value is -3.03. The van der Waals surface area contributed by atoms with Gasteiger partial charge < -0.3 is 4.57 Å². The summed E-state index contributed by atoms with van der Waals surface area (Å²) in [4.78, 5) is 0. The second-order valence-electron chi connectivity index (χ2n) is 6.40. The van der Waals surface area contributed by atoms with Crippen LogP contribution in [0.4, 0.5) is 0 Å². The molecule has 0 radical (unpaired) electrons. The van der Waals surface area contributed by atoms with Gasteiger partial charge in [-0.05, 0) is 47.5 Å². The van der Waals surface area contributed by atoms with E-state index in [1.807, 2.05) is 18.2 Å². The summed E-state index contributed by atoms with van der Waals surface area (Å²) < 4.78 is 2.33. The van der Waals surface area contributed by atoms with Gasteiger partial charge in [-0.25, -0.2) is 0 Å². The third-order valence-corrected chi connectivity index (χ3v) is 5.08. The highest BCUT2D eigenvalue weighted by Gasteiger charge is 2.15. The molecule has 1 aromatic heterocycles. The van der Waals surface area contributed by atoms with Gasteiger partial charge in [0.05, 0.1) is 11.0 Å². The van der Waals surface area contributed by atoms with Crippen molar-refractivity contribution >= 4 is 33.4 Å². The normalized spacial score (nSPS) is 11.3. The predicted molar refractivity (Wildman–Crippen MR) is 111 cm³/mol. The van der Waals surface area contributed by atoms with Gasteiger partial charge in [-0.15, -0.1) is 0 Å². The van der Waals surface area contributed by atoms with E-state index in [4.69, 9.17) is 11.6 Å². The maximum absolute atomic E-state index is 6.26. The lowest BCUT2D eigenvalue weighted by Crippen LogP contribution is -1.92. The first-order valence-electron chi connectivity index (χ1n) is 8.66. The molecule has 0 aliphatic rings. The largest absolute Gasteiger partial charge is 0.309 e. The van der Waals surface area contributed by atoms with Crippen LogP contribution in [0.15, 0.2) is 97.1 Å². The Morgan fingerprint density at radius 2 is 1.35 bits per heavy atom. The Balaban J connectivity index is 1.94. The minimum Gasteiger partial charge on any atom is -0.309 e. The van der Waals surface area contributed by atoms with E-state index < -0.39 is 0 Å². The van der Waals surface area contributed by atoms with Crippen molar-refractivity contribution in [2.75, 3.05) is 0 Å². The molecule has 0 aliphatic heterocycles. The number of fused-ring (bicyclic) bond motifs is 3. The lowest BCUT2D eigenvalue weighted by atomic mass is 9.99. The maximum atomic E-state index is 6.26. The second kappa shape index (κ2) is 6.05. The Labute approximate surface area is 157 Å². The Bertz CT molecular complexity index is 1240. The van der Waals surface area contributed by atoms with Crippen LogP contribution >= 0.6 is 11.6 Å². The number of hydrogen-bond donors (Lipinski definition) is 0. The minimum absolute atomic E-state index is 0.756. The molecular formula is C24H16ClN. The van der Waals surface area contributed by atoms with Crippen LogP contribution in [-0.4, -0.2) is 4.57 Å². The summed E-state index contributed by atoms with van der Waals surface area (Å²) in [5.74, 6) is 0. The molecule has 5 aromatic rings. The molecule has 0 saturated carbocycles. The molecule has 124 valence electrons. The molecule has 4 aromatic carbocycles. The van der Waals surface area contributed by atoms with Gasteiger partial charge in [0.25, 0.3) is 0 Å². The van der Waals surface area contributed by atoms with Gasteiger partial charge in [0.2, 0.25) is 0 Å². The number of nitrogens with zero attached hydrogens (tertiary/aromatic N) is 1. The Morgan fingerprint density at radius 3 is 2.19 bits per heavy atom. The van der Waals surface area contributed by atoms with Crippen molar-refractivity contribution in [1.29, 1.82) is 0 Å². The molecule has 0 amide bonds. The van der Waals surface area contributed by atoms with Crippen LogP contribution in [0.5, 0.6) is 0 Å². The summed E-state index contributed by atoms with van der Waals surface area (Å²) in [6, 6.07) is 33.7. The second-order valence-corrected chi connectivity index (χ2v) is 6.83. The van der Waals surface area contributed by atoms with Crippen molar-refractivity contribution in [3.63, 3.8) is 0 Å². The molecule has 26 heavy (non-hydrogen) atoms.